The van der Waals surface area contributed by atoms with Gasteiger partial charge in [0, 0.05) is 62.4 Å². The summed E-state index contributed by atoms with van der Waals surface area (Å²) in [6, 6.07) is 6.51. The highest BCUT2D eigenvalue weighted by Crippen LogP contribution is 2.41. The lowest BCUT2D eigenvalue weighted by Crippen LogP contribution is -2.52. The van der Waals surface area contributed by atoms with Crippen LogP contribution in [0.3, 0.4) is 0 Å². The number of ether oxygens (including phenoxy) is 1. The van der Waals surface area contributed by atoms with Gasteiger partial charge in [0.25, 0.3) is 5.91 Å². The van der Waals surface area contributed by atoms with Crippen LogP contribution in [0.5, 0.6) is 5.75 Å². The van der Waals surface area contributed by atoms with Crippen LogP contribution in [0.1, 0.15) is 40.0 Å². The van der Waals surface area contributed by atoms with E-state index < -0.39 is 11.6 Å². The Balaban J connectivity index is 1.35. The lowest BCUT2D eigenvalue weighted by molar-refractivity contribution is -0.00565. The maximum absolute atomic E-state index is 13.5. The molecule has 0 unspecified atom stereocenters. The average molecular weight is 495 g/mol. The first kappa shape index (κ1) is 22.9. The number of benzene rings is 1. The van der Waals surface area contributed by atoms with Crippen LogP contribution < -0.4 is 21.1 Å². The Kier molecular flexibility index (Phi) is 5.72. The summed E-state index contributed by atoms with van der Waals surface area (Å²) in [5, 5.41) is 9.97. The fourth-order valence-electron chi connectivity index (χ4n) is 4.58. The predicted octanol–water partition coefficient (Wildman–Crippen LogP) is 3.12. The highest BCUT2D eigenvalue weighted by molar-refractivity contribution is 7.20. The molecule has 2 aromatic heterocycles. The number of urea groups is 1. The van der Waals surface area contributed by atoms with Crippen molar-refractivity contribution in [2.45, 2.75) is 24.9 Å². The number of fused-ring (bicyclic) bond motifs is 1. The average Bonchev–Trinajstić information content (AvgIpc) is 3.46. The third kappa shape index (κ3) is 4.34. The topological polar surface area (TPSA) is 132 Å². The molecule has 1 aromatic carbocycles. The number of ketones is 1. The molecular weight excluding hydrogens is 468 g/mol. The highest BCUT2D eigenvalue weighted by Gasteiger charge is 2.44. The number of likely N-dealkylation sites (tertiary alicyclic amines) is 1. The monoisotopic (exact) mass is 494 g/mol. The first-order valence-corrected chi connectivity index (χ1v) is 12.1. The third-order valence-electron chi connectivity index (χ3n) is 6.48. The number of nitrogens with one attached hydrogen (secondary N) is 2. The molecule has 182 valence electrons. The summed E-state index contributed by atoms with van der Waals surface area (Å²) in [5.74, 6) is 0.383. The number of carbonyl (C=O) groups excluding carboxylic acids is 3. The summed E-state index contributed by atoms with van der Waals surface area (Å²) >= 11 is 1.32. The number of piperidine rings is 1. The number of Topliss-reactive ketones (excluding diaryl/α,β-unsaturated/α-hetero) is 1. The zero-order valence-corrected chi connectivity index (χ0v) is 20.3. The first-order chi connectivity index (χ1) is 16.8. The molecule has 1 spiro atoms. The van der Waals surface area contributed by atoms with E-state index in [9.17, 15) is 14.4 Å². The van der Waals surface area contributed by atoms with E-state index >= 15 is 0 Å². The van der Waals surface area contributed by atoms with Gasteiger partial charge in [-0.3, -0.25) is 19.6 Å². The number of rotatable bonds is 3. The van der Waals surface area contributed by atoms with Crippen molar-refractivity contribution in [1.82, 2.24) is 20.0 Å². The van der Waals surface area contributed by atoms with Crippen LogP contribution in [0.2, 0.25) is 0 Å². The van der Waals surface area contributed by atoms with Gasteiger partial charge in [-0.2, -0.15) is 5.10 Å². The Morgan fingerprint density at radius 1 is 1.23 bits per heavy atom. The van der Waals surface area contributed by atoms with E-state index in [1.165, 1.54) is 18.4 Å². The first-order valence-electron chi connectivity index (χ1n) is 11.3. The number of aryl methyl sites for hydroxylation is 1. The van der Waals surface area contributed by atoms with Gasteiger partial charge in [0.15, 0.2) is 5.78 Å². The molecular formula is C24H26N6O4S. The predicted molar refractivity (Wildman–Crippen MR) is 133 cm³/mol. The van der Waals surface area contributed by atoms with Gasteiger partial charge in [-0.15, -0.1) is 11.3 Å². The molecule has 1 fully saturated rings. The Hall–Kier alpha value is -3.86. The number of nitrogens with zero attached hydrogens (tertiary/aromatic N) is 3. The molecule has 4 N–H and O–H groups in total. The zero-order chi connectivity index (χ0) is 24.7. The molecule has 0 aliphatic carbocycles. The van der Waals surface area contributed by atoms with Crippen molar-refractivity contribution in [2.75, 3.05) is 31.2 Å². The van der Waals surface area contributed by atoms with Crippen LogP contribution in [0.15, 0.2) is 36.7 Å². The lowest BCUT2D eigenvalue weighted by atomic mass is 9.82. The van der Waals surface area contributed by atoms with Crippen LogP contribution in [-0.2, 0) is 7.05 Å². The van der Waals surface area contributed by atoms with Gasteiger partial charge in [0.05, 0.1) is 23.7 Å². The van der Waals surface area contributed by atoms with Crippen molar-refractivity contribution < 1.29 is 19.1 Å². The van der Waals surface area contributed by atoms with Crippen LogP contribution in [0.4, 0.5) is 15.5 Å². The van der Waals surface area contributed by atoms with E-state index in [4.69, 9.17) is 10.5 Å². The normalized spacial score (nSPS) is 16.5. The van der Waals surface area contributed by atoms with Gasteiger partial charge < -0.3 is 20.7 Å². The molecule has 3 amide bonds. The molecule has 4 heterocycles. The van der Waals surface area contributed by atoms with Crippen molar-refractivity contribution in [3.05, 3.63) is 47.8 Å². The van der Waals surface area contributed by atoms with Gasteiger partial charge in [-0.25, -0.2) is 4.79 Å². The molecule has 5 rings (SSSR count). The molecule has 35 heavy (non-hydrogen) atoms. The molecule has 0 atom stereocenters. The van der Waals surface area contributed by atoms with Crippen molar-refractivity contribution in [1.29, 1.82) is 0 Å². The second kappa shape index (κ2) is 8.73. The standard InChI is InChI=1S/C24H26N6O4S/c1-26-23(33)28-21-17(10-20(35-21)14-12-27-29(2)13-14)22(32)30-7-5-24(6-8-30)11-18(31)16-9-15(25)3-4-19(16)34-24/h3-4,9-10,12-13H,5-8,11,25H2,1-2H3,(H2,26,28,33). The molecule has 0 saturated carbocycles. The number of hydrogen-bond donors (Lipinski definition) is 3. The number of anilines is 2. The Bertz CT molecular complexity index is 1320. The third-order valence-corrected chi connectivity index (χ3v) is 7.58. The summed E-state index contributed by atoms with van der Waals surface area (Å²) in [4.78, 5) is 40.9. The molecule has 2 aliphatic heterocycles. The number of nitrogens with two attached hydrogens (primary N) is 1. The molecule has 10 nitrogen and oxygen atoms in total. The smallest absolute Gasteiger partial charge is 0.319 e. The van der Waals surface area contributed by atoms with Gasteiger partial charge >= 0.3 is 6.03 Å². The number of carbonyl (C=O) groups is 3. The second-order valence-corrected chi connectivity index (χ2v) is 9.95. The van der Waals surface area contributed by atoms with E-state index in [1.807, 2.05) is 13.2 Å². The SMILES string of the molecule is CNC(=O)Nc1sc(-c2cnn(C)c2)cc1C(=O)N1CCC2(CC1)CC(=O)c1cc(N)ccc1O2. The quantitative estimate of drug-likeness (QED) is 0.480. The minimum Gasteiger partial charge on any atom is -0.486 e. The van der Waals surface area contributed by atoms with E-state index in [0.29, 0.717) is 53.5 Å². The number of nitrogen functional groups attached to an aromatic ring is 1. The maximum atomic E-state index is 13.5. The minimum atomic E-state index is -0.629. The minimum absolute atomic E-state index is 0.00865. The van der Waals surface area contributed by atoms with Crippen molar-refractivity contribution in [3.63, 3.8) is 0 Å². The summed E-state index contributed by atoms with van der Waals surface area (Å²) in [7, 11) is 3.34. The fraction of sp³-hybridized carbons (Fsp3) is 0.333. The highest BCUT2D eigenvalue weighted by atomic mass is 32.1. The van der Waals surface area contributed by atoms with Gasteiger partial charge in [-0.1, -0.05) is 0 Å². The lowest BCUT2D eigenvalue weighted by Gasteiger charge is -2.44. The van der Waals surface area contributed by atoms with Gasteiger partial charge in [0.1, 0.15) is 16.4 Å². The van der Waals surface area contributed by atoms with Crippen molar-refractivity contribution in [3.8, 4) is 16.2 Å². The van der Waals surface area contributed by atoms with Crippen LogP contribution in [0.25, 0.3) is 10.4 Å². The number of thiophene rings is 1. The molecule has 0 bridgehead atoms. The zero-order valence-electron chi connectivity index (χ0n) is 19.5. The van der Waals surface area contributed by atoms with Gasteiger partial charge in [-0.05, 0) is 24.3 Å². The molecule has 0 radical (unpaired) electrons. The summed E-state index contributed by atoms with van der Waals surface area (Å²) in [5.41, 5.74) is 7.53. The van der Waals surface area contributed by atoms with Crippen LogP contribution >= 0.6 is 11.3 Å². The fourth-order valence-corrected chi connectivity index (χ4v) is 5.60. The van der Waals surface area contributed by atoms with Crippen molar-refractivity contribution in [2.24, 2.45) is 7.05 Å². The molecule has 1 saturated heterocycles. The number of aromatic nitrogens is 2. The summed E-state index contributed by atoms with van der Waals surface area (Å²) in [6.45, 7) is 0.877. The Morgan fingerprint density at radius 3 is 2.69 bits per heavy atom. The summed E-state index contributed by atoms with van der Waals surface area (Å²) < 4.78 is 7.97. The molecule has 3 aromatic rings. The largest absolute Gasteiger partial charge is 0.486 e. The van der Waals surface area contributed by atoms with Gasteiger partial charge in [0.2, 0.25) is 0 Å². The molecule has 11 heteroatoms. The van der Waals surface area contributed by atoms with Crippen molar-refractivity contribution >= 4 is 39.7 Å². The Morgan fingerprint density at radius 2 is 2.00 bits per heavy atom. The van der Waals surface area contributed by atoms with Crippen LogP contribution in [0, 0.1) is 0 Å². The van der Waals surface area contributed by atoms with E-state index in [2.05, 4.69) is 15.7 Å². The van der Waals surface area contributed by atoms with E-state index in [-0.39, 0.29) is 18.1 Å². The molecule has 2 aliphatic rings. The Labute approximate surface area is 206 Å². The summed E-state index contributed by atoms with van der Waals surface area (Å²) in [6.07, 6.45) is 4.91. The maximum Gasteiger partial charge on any atom is 0.319 e. The van der Waals surface area contributed by atoms with Crippen LogP contribution in [-0.4, -0.2) is 58.1 Å². The van der Waals surface area contributed by atoms with E-state index in [0.717, 1.165) is 10.4 Å². The number of amides is 3. The number of hydrogen-bond acceptors (Lipinski definition) is 7. The second-order valence-electron chi connectivity index (χ2n) is 8.89. The van der Waals surface area contributed by atoms with E-state index in [1.54, 1.807) is 40.0 Å².